The number of nitrogens with two attached hydrogens (primary N) is 1. The number of amides is 1. The number of carbonyl (C=O) groups is 1. The van der Waals surface area contributed by atoms with Gasteiger partial charge in [0.1, 0.15) is 6.61 Å². The Hall–Kier alpha value is -3.03. The van der Waals surface area contributed by atoms with Crippen LogP contribution in [0.3, 0.4) is 0 Å². The fourth-order valence-electron chi connectivity index (χ4n) is 2.52. The van der Waals surface area contributed by atoms with E-state index in [2.05, 4.69) is 15.5 Å². The Bertz CT molecular complexity index is 952. The Morgan fingerprint density at radius 2 is 1.96 bits per heavy atom. The Balaban J connectivity index is 1.89. The molecule has 2 aromatic carbocycles. The predicted molar refractivity (Wildman–Crippen MR) is 96.3 cm³/mol. The van der Waals surface area contributed by atoms with Crippen LogP contribution in [0.25, 0.3) is 22.0 Å². The van der Waals surface area contributed by atoms with E-state index in [1.54, 1.807) is 24.3 Å². The third kappa shape index (κ3) is 3.90. The first-order chi connectivity index (χ1) is 12.2. The van der Waals surface area contributed by atoms with Crippen LogP contribution in [0.1, 0.15) is 0 Å². The second kappa shape index (κ2) is 7.69. The molecule has 0 aliphatic rings. The Kier molecular flexibility index (Phi) is 5.17. The molecule has 0 saturated heterocycles. The number of aromatic nitrogens is 2. The molecule has 0 aliphatic heterocycles. The number of nitrogens with one attached hydrogen (secondary N) is 2. The standard InChI is InChI=1S/C18H18N4O3/c19-8-9-25-11-16(23)20-13-5-3-4-12(10-13)17-14-6-1-2-7-15(14)18(24)22-21-17/h1-7,10H,8-9,11,19H2,(H,20,23)(H,22,24). The lowest BCUT2D eigenvalue weighted by atomic mass is 10.0. The van der Waals surface area contributed by atoms with E-state index in [4.69, 9.17) is 10.5 Å². The molecule has 0 bridgehead atoms. The van der Waals surface area contributed by atoms with Gasteiger partial charge in [0.2, 0.25) is 5.91 Å². The summed E-state index contributed by atoms with van der Waals surface area (Å²) < 4.78 is 5.11. The van der Waals surface area contributed by atoms with Crippen LogP contribution in [-0.2, 0) is 9.53 Å². The maximum atomic E-state index is 11.9. The molecule has 0 saturated carbocycles. The Morgan fingerprint density at radius 3 is 2.76 bits per heavy atom. The molecule has 4 N–H and O–H groups in total. The molecule has 0 aliphatic carbocycles. The van der Waals surface area contributed by atoms with Crippen molar-refractivity contribution in [2.75, 3.05) is 25.1 Å². The van der Waals surface area contributed by atoms with Gasteiger partial charge in [-0.15, -0.1) is 0 Å². The summed E-state index contributed by atoms with van der Waals surface area (Å²) >= 11 is 0. The monoisotopic (exact) mass is 338 g/mol. The smallest absolute Gasteiger partial charge is 0.272 e. The van der Waals surface area contributed by atoms with Gasteiger partial charge < -0.3 is 15.8 Å². The average Bonchev–Trinajstić information content (AvgIpc) is 2.63. The van der Waals surface area contributed by atoms with Gasteiger partial charge in [0, 0.05) is 23.2 Å². The first-order valence-electron chi connectivity index (χ1n) is 7.84. The number of carbonyl (C=O) groups excluding carboxylic acids is 1. The van der Waals surface area contributed by atoms with Crippen LogP contribution >= 0.6 is 0 Å². The van der Waals surface area contributed by atoms with E-state index in [9.17, 15) is 9.59 Å². The van der Waals surface area contributed by atoms with Crippen molar-refractivity contribution in [1.29, 1.82) is 0 Å². The van der Waals surface area contributed by atoms with Crippen LogP contribution in [0.15, 0.2) is 53.3 Å². The zero-order valence-electron chi connectivity index (χ0n) is 13.5. The Morgan fingerprint density at radius 1 is 1.16 bits per heavy atom. The highest BCUT2D eigenvalue weighted by Gasteiger charge is 2.09. The number of nitrogens with zero attached hydrogens (tertiary/aromatic N) is 1. The van der Waals surface area contributed by atoms with E-state index in [0.717, 1.165) is 10.9 Å². The summed E-state index contributed by atoms with van der Waals surface area (Å²) in [5.74, 6) is -0.259. The quantitative estimate of drug-likeness (QED) is 0.590. The molecule has 0 unspecified atom stereocenters. The van der Waals surface area contributed by atoms with E-state index in [1.165, 1.54) is 0 Å². The summed E-state index contributed by atoms with van der Waals surface area (Å²) in [6, 6.07) is 14.5. The lowest BCUT2D eigenvalue weighted by Crippen LogP contribution is -2.20. The number of ether oxygens (including phenoxy) is 1. The maximum Gasteiger partial charge on any atom is 0.272 e. The van der Waals surface area contributed by atoms with Crippen molar-refractivity contribution >= 4 is 22.4 Å². The second-order valence-corrected chi connectivity index (χ2v) is 5.42. The van der Waals surface area contributed by atoms with Gasteiger partial charge in [-0.3, -0.25) is 9.59 Å². The van der Waals surface area contributed by atoms with Crippen molar-refractivity contribution in [3.05, 3.63) is 58.9 Å². The van der Waals surface area contributed by atoms with Gasteiger partial charge in [-0.2, -0.15) is 5.10 Å². The number of H-pyrrole nitrogens is 1. The van der Waals surface area contributed by atoms with Crippen molar-refractivity contribution in [2.24, 2.45) is 5.73 Å². The molecular formula is C18H18N4O3. The Labute approximate surface area is 143 Å². The summed E-state index contributed by atoms with van der Waals surface area (Å²) in [4.78, 5) is 23.8. The molecular weight excluding hydrogens is 320 g/mol. The molecule has 25 heavy (non-hydrogen) atoms. The van der Waals surface area contributed by atoms with Crippen LogP contribution in [0, 0.1) is 0 Å². The normalized spacial score (nSPS) is 10.8. The third-order valence-corrected chi connectivity index (χ3v) is 3.61. The van der Waals surface area contributed by atoms with Gasteiger partial charge in [0.15, 0.2) is 0 Å². The summed E-state index contributed by atoms with van der Waals surface area (Å²) in [6.07, 6.45) is 0. The van der Waals surface area contributed by atoms with E-state index >= 15 is 0 Å². The fraction of sp³-hybridized carbons (Fsp3) is 0.167. The lowest BCUT2D eigenvalue weighted by Gasteiger charge is -2.09. The summed E-state index contributed by atoms with van der Waals surface area (Å²) in [6.45, 7) is 0.649. The molecule has 0 atom stereocenters. The van der Waals surface area contributed by atoms with Crippen molar-refractivity contribution in [1.82, 2.24) is 10.2 Å². The van der Waals surface area contributed by atoms with Crippen LogP contribution in [-0.4, -0.2) is 35.9 Å². The molecule has 3 rings (SSSR count). The van der Waals surface area contributed by atoms with Crippen molar-refractivity contribution in [2.45, 2.75) is 0 Å². The molecule has 7 nitrogen and oxygen atoms in total. The zero-order valence-corrected chi connectivity index (χ0v) is 13.5. The van der Waals surface area contributed by atoms with Gasteiger partial charge in [0.25, 0.3) is 5.56 Å². The molecule has 1 heterocycles. The molecule has 0 fully saturated rings. The third-order valence-electron chi connectivity index (χ3n) is 3.61. The number of hydrogen-bond acceptors (Lipinski definition) is 5. The van der Waals surface area contributed by atoms with Crippen molar-refractivity contribution in [3.8, 4) is 11.3 Å². The number of rotatable bonds is 6. The number of hydrogen-bond donors (Lipinski definition) is 3. The second-order valence-electron chi connectivity index (χ2n) is 5.42. The minimum Gasteiger partial charge on any atom is -0.370 e. The molecule has 0 radical (unpaired) electrons. The van der Waals surface area contributed by atoms with Crippen molar-refractivity contribution < 1.29 is 9.53 Å². The highest BCUT2D eigenvalue weighted by Crippen LogP contribution is 2.26. The van der Waals surface area contributed by atoms with Crippen LogP contribution in [0.2, 0.25) is 0 Å². The predicted octanol–water partition coefficient (Wildman–Crippen LogP) is 1.50. The highest BCUT2D eigenvalue weighted by atomic mass is 16.5. The summed E-state index contributed by atoms with van der Waals surface area (Å²) in [7, 11) is 0. The van der Waals surface area contributed by atoms with Gasteiger partial charge >= 0.3 is 0 Å². The molecule has 3 aromatic rings. The molecule has 0 spiro atoms. The highest BCUT2D eigenvalue weighted by molar-refractivity contribution is 5.96. The lowest BCUT2D eigenvalue weighted by molar-refractivity contribution is -0.120. The first kappa shape index (κ1) is 16.8. The summed E-state index contributed by atoms with van der Waals surface area (Å²) in [5.41, 5.74) is 7.13. The SMILES string of the molecule is NCCOCC(=O)Nc1cccc(-c2n[nH]c(=O)c3ccccc23)c1. The van der Waals surface area contributed by atoms with E-state index in [1.807, 2.05) is 24.3 Å². The van der Waals surface area contributed by atoms with Crippen LogP contribution < -0.4 is 16.6 Å². The van der Waals surface area contributed by atoms with Gasteiger partial charge in [-0.05, 0) is 18.2 Å². The minimum atomic E-state index is -0.259. The average molecular weight is 338 g/mol. The molecule has 1 amide bonds. The van der Waals surface area contributed by atoms with E-state index in [-0.39, 0.29) is 18.1 Å². The zero-order chi connectivity index (χ0) is 17.6. The van der Waals surface area contributed by atoms with Gasteiger partial charge in [-0.1, -0.05) is 30.3 Å². The fourth-order valence-corrected chi connectivity index (χ4v) is 2.52. The minimum absolute atomic E-state index is 0.0543. The van der Waals surface area contributed by atoms with Gasteiger partial charge in [-0.25, -0.2) is 5.10 Å². The number of fused-ring (bicyclic) bond motifs is 1. The molecule has 7 heteroatoms. The molecule has 1 aromatic heterocycles. The first-order valence-corrected chi connectivity index (χ1v) is 7.84. The number of benzene rings is 2. The number of aromatic amines is 1. The maximum absolute atomic E-state index is 11.9. The molecule has 128 valence electrons. The van der Waals surface area contributed by atoms with Crippen molar-refractivity contribution in [3.63, 3.8) is 0 Å². The van der Waals surface area contributed by atoms with Crippen LogP contribution in [0.5, 0.6) is 0 Å². The van der Waals surface area contributed by atoms with E-state index < -0.39 is 0 Å². The van der Waals surface area contributed by atoms with Crippen LogP contribution in [0.4, 0.5) is 5.69 Å². The van der Waals surface area contributed by atoms with E-state index in [0.29, 0.717) is 29.9 Å². The largest absolute Gasteiger partial charge is 0.370 e. The van der Waals surface area contributed by atoms with Gasteiger partial charge in [0.05, 0.1) is 17.7 Å². The topological polar surface area (TPSA) is 110 Å². The summed E-state index contributed by atoms with van der Waals surface area (Å²) in [5, 5.41) is 10.8. The number of anilines is 1.